The van der Waals surface area contributed by atoms with Crippen LogP contribution in [-0.2, 0) is 10.0 Å². The maximum absolute atomic E-state index is 12.1. The van der Waals surface area contributed by atoms with Crippen molar-refractivity contribution in [1.82, 2.24) is 10.3 Å². The third-order valence-corrected chi connectivity index (χ3v) is 4.81. The molecule has 2 N–H and O–H groups in total. The van der Waals surface area contributed by atoms with Crippen LogP contribution < -0.4 is 10.3 Å². The van der Waals surface area contributed by atoms with Gasteiger partial charge in [-0.3, -0.25) is 10.2 Å². The van der Waals surface area contributed by atoms with E-state index in [1.54, 1.807) is 6.92 Å². The molecule has 1 aromatic carbocycles. The van der Waals surface area contributed by atoms with Crippen molar-refractivity contribution in [2.75, 3.05) is 0 Å². The zero-order chi connectivity index (χ0) is 15.6. The van der Waals surface area contributed by atoms with Gasteiger partial charge < -0.3 is 4.42 Å². The average molecular weight is 394 g/mol. The summed E-state index contributed by atoms with van der Waals surface area (Å²) in [5.74, 6) is -0.244. The van der Waals surface area contributed by atoms with Gasteiger partial charge in [0.15, 0.2) is 0 Å². The second-order valence-electron chi connectivity index (χ2n) is 4.02. The maximum atomic E-state index is 12.1. The third-order valence-electron chi connectivity index (χ3n) is 2.59. The van der Waals surface area contributed by atoms with Crippen LogP contribution in [0.3, 0.4) is 0 Å². The summed E-state index contributed by atoms with van der Waals surface area (Å²) in [7, 11) is -3.97. The Morgan fingerprint density at radius 2 is 2.05 bits per heavy atom. The fourth-order valence-electron chi connectivity index (χ4n) is 1.55. The molecule has 0 spiro atoms. The SMILES string of the molecule is Cc1occc1C(=O)NNS(=O)(=O)c1ccc(Br)cc1Cl. The molecule has 0 saturated carbocycles. The van der Waals surface area contributed by atoms with Crippen LogP contribution >= 0.6 is 27.5 Å². The lowest BCUT2D eigenvalue weighted by Crippen LogP contribution is -2.41. The lowest BCUT2D eigenvalue weighted by Gasteiger charge is -2.09. The first-order valence-corrected chi connectivity index (χ1v) is 8.28. The van der Waals surface area contributed by atoms with Crippen LogP contribution in [0.25, 0.3) is 0 Å². The first kappa shape index (κ1) is 16.0. The molecule has 1 aromatic heterocycles. The Morgan fingerprint density at radius 3 is 2.62 bits per heavy atom. The Balaban J connectivity index is 2.15. The van der Waals surface area contributed by atoms with Gasteiger partial charge in [-0.2, -0.15) is 0 Å². The number of carbonyl (C=O) groups is 1. The molecule has 0 aliphatic carbocycles. The number of nitrogens with one attached hydrogen (secondary N) is 2. The van der Waals surface area contributed by atoms with Gasteiger partial charge in [0.05, 0.1) is 16.8 Å². The minimum Gasteiger partial charge on any atom is -0.469 e. The molecule has 0 unspecified atom stereocenters. The summed E-state index contributed by atoms with van der Waals surface area (Å²) < 4.78 is 29.8. The van der Waals surface area contributed by atoms with E-state index in [0.29, 0.717) is 10.2 Å². The minimum absolute atomic E-state index is 0.0330. The molecule has 9 heteroatoms. The lowest BCUT2D eigenvalue weighted by molar-refractivity contribution is 0.0943. The highest BCUT2D eigenvalue weighted by molar-refractivity contribution is 9.10. The highest BCUT2D eigenvalue weighted by Crippen LogP contribution is 2.24. The standard InChI is InChI=1S/C12H10BrClN2O4S/c1-7-9(4-5-20-7)12(17)15-16-21(18,19)11-3-2-8(13)6-10(11)14/h2-6,16H,1H3,(H,15,17). The van der Waals surface area contributed by atoms with Crippen LogP contribution in [0.2, 0.25) is 5.02 Å². The normalized spacial score (nSPS) is 11.4. The van der Waals surface area contributed by atoms with Gasteiger partial charge >= 0.3 is 0 Å². The summed E-state index contributed by atoms with van der Waals surface area (Å²) in [5.41, 5.74) is 2.33. The molecular formula is C12H10BrClN2O4S. The first-order chi connectivity index (χ1) is 9.81. The number of furan rings is 1. The van der Waals surface area contributed by atoms with E-state index < -0.39 is 15.9 Å². The van der Waals surface area contributed by atoms with Gasteiger partial charge in [-0.25, -0.2) is 8.42 Å². The predicted molar refractivity (Wildman–Crippen MR) is 80.4 cm³/mol. The molecule has 112 valence electrons. The van der Waals surface area contributed by atoms with Crippen molar-refractivity contribution in [3.05, 3.63) is 51.3 Å². The van der Waals surface area contributed by atoms with Crippen LogP contribution in [0.15, 0.2) is 44.3 Å². The number of sulfonamides is 1. The van der Waals surface area contributed by atoms with Crippen molar-refractivity contribution < 1.29 is 17.6 Å². The summed E-state index contributed by atoms with van der Waals surface area (Å²) in [5, 5.41) is 0.0330. The molecule has 0 bridgehead atoms. The Hall–Kier alpha value is -1.35. The molecule has 0 radical (unpaired) electrons. The van der Waals surface area contributed by atoms with Gasteiger partial charge in [0.25, 0.3) is 15.9 Å². The van der Waals surface area contributed by atoms with Crippen molar-refractivity contribution >= 4 is 43.5 Å². The summed E-state index contributed by atoms with van der Waals surface area (Å²) >= 11 is 9.06. The van der Waals surface area contributed by atoms with E-state index in [0.717, 1.165) is 0 Å². The van der Waals surface area contributed by atoms with Gasteiger partial charge in [-0.1, -0.05) is 27.5 Å². The summed E-state index contributed by atoms with van der Waals surface area (Å²) in [4.78, 5) is 13.6. The van der Waals surface area contributed by atoms with E-state index in [1.165, 1.54) is 30.5 Å². The maximum Gasteiger partial charge on any atom is 0.269 e. The number of carbonyl (C=O) groups excluding carboxylic acids is 1. The number of amides is 1. The number of hydrazine groups is 1. The zero-order valence-electron chi connectivity index (χ0n) is 10.7. The van der Waals surface area contributed by atoms with Gasteiger partial charge in [-0.15, -0.1) is 4.83 Å². The van der Waals surface area contributed by atoms with E-state index >= 15 is 0 Å². The van der Waals surface area contributed by atoms with Gasteiger partial charge in [0.2, 0.25) is 0 Å². The molecule has 0 aliphatic heterocycles. The molecule has 0 fully saturated rings. The zero-order valence-corrected chi connectivity index (χ0v) is 13.8. The van der Waals surface area contributed by atoms with Gasteiger partial charge in [0.1, 0.15) is 10.7 Å². The minimum atomic E-state index is -3.97. The fourth-order valence-corrected chi connectivity index (χ4v) is 3.43. The van der Waals surface area contributed by atoms with E-state index in [4.69, 9.17) is 16.0 Å². The molecule has 6 nitrogen and oxygen atoms in total. The first-order valence-electron chi connectivity index (χ1n) is 5.62. The number of hydrogen-bond donors (Lipinski definition) is 2. The molecule has 0 aliphatic rings. The van der Waals surface area contributed by atoms with Crippen molar-refractivity contribution in [3.8, 4) is 0 Å². The second kappa shape index (κ2) is 6.18. The number of rotatable bonds is 4. The Morgan fingerprint density at radius 1 is 1.33 bits per heavy atom. The summed E-state index contributed by atoms with van der Waals surface area (Å²) in [6.07, 6.45) is 1.34. The summed E-state index contributed by atoms with van der Waals surface area (Å²) in [6.45, 7) is 1.59. The average Bonchev–Trinajstić information content (AvgIpc) is 2.82. The Kier molecular flexibility index (Phi) is 4.72. The topological polar surface area (TPSA) is 88.4 Å². The van der Waals surface area contributed by atoms with E-state index in [1.807, 2.05) is 4.83 Å². The largest absolute Gasteiger partial charge is 0.469 e. The van der Waals surface area contributed by atoms with Crippen molar-refractivity contribution in [2.24, 2.45) is 0 Å². The van der Waals surface area contributed by atoms with E-state index in [-0.39, 0.29) is 15.5 Å². The molecular weight excluding hydrogens is 384 g/mol. The highest BCUT2D eigenvalue weighted by atomic mass is 79.9. The molecule has 0 atom stereocenters. The molecule has 2 aromatic rings. The number of halogens is 2. The van der Waals surface area contributed by atoms with E-state index in [9.17, 15) is 13.2 Å². The second-order valence-corrected chi connectivity index (χ2v) is 7.00. The quantitative estimate of drug-likeness (QED) is 0.782. The van der Waals surface area contributed by atoms with Gasteiger partial charge in [0, 0.05) is 4.47 Å². The molecule has 0 saturated heterocycles. The van der Waals surface area contributed by atoms with E-state index in [2.05, 4.69) is 21.4 Å². The smallest absolute Gasteiger partial charge is 0.269 e. The fraction of sp³-hybridized carbons (Fsp3) is 0.0833. The lowest BCUT2D eigenvalue weighted by atomic mass is 10.2. The molecule has 1 amide bonds. The Labute approximate surface area is 134 Å². The molecule has 21 heavy (non-hydrogen) atoms. The Bertz CT molecular complexity index is 788. The van der Waals surface area contributed by atoms with Crippen LogP contribution in [-0.4, -0.2) is 14.3 Å². The molecule has 2 rings (SSSR count). The van der Waals surface area contributed by atoms with Crippen LogP contribution in [0.4, 0.5) is 0 Å². The van der Waals surface area contributed by atoms with Crippen molar-refractivity contribution in [3.63, 3.8) is 0 Å². The van der Waals surface area contributed by atoms with Crippen molar-refractivity contribution in [2.45, 2.75) is 11.8 Å². The van der Waals surface area contributed by atoms with Crippen LogP contribution in [0, 0.1) is 6.92 Å². The number of hydrogen-bond acceptors (Lipinski definition) is 4. The monoisotopic (exact) mass is 392 g/mol. The van der Waals surface area contributed by atoms with Crippen LogP contribution in [0.5, 0.6) is 0 Å². The van der Waals surface area contributed by atoms with Gasteiger partial charge in [-0.05, 0) is 31.2 Å². The van der Waals surface area contributed by atoms with Crippen LogP contribution in [0.1, 0.15) is 16.1 Å². The predicted octanol–water partition coefficient (Wildman–Crippen LogP) is 2.63. The highest BCUT2D eigenvalue weighted by Gasteiger charge is 2.20. The number of aryl methyl sites for hydroxylation is 1. The summed E-state index contributed by atoms with van der Waals surface area (Å²) in [6, 6.07) is 5.73. The molecule has 1 heterocycles. The number of benzene rings is 1. The van der Waals surface area contributed by atoms with Crippen molar-refractivity contribution in [1.29, 1.82) is 0 Å². The third kappa shape index (κ3) is 3.65.